The lowest BCUT2D eigenvalue weighted by Gasteiger charge is -2.09. The molecule has 1 aromatic heterocycles. The predicted octanol–water partition coefficient (Wildman–Crippen LogP) is 4.22. The van der Waals surface area contributed by atoms with E-state index in [0.29, 0.717) is 0 Å². The lowest BCUT2D eigenvalue weighted by atomic mass is 10.1. The lowest BCUT2D eigenvalue weighted by molar-refractivity contribution is 0.825. The molecule has 0 atom stereocenters. The van der Waals surface area contributed by atoms with Crippen LogP contribution in [-0.4, -0.2) is 9.97 Å². The van der Waals surface area contributed by atoms with E-state index in [1.807, 2.05) is 6.20 Å². The van der Waals surface area contributed by atoms with E-state index in [4.69, 9.17) is 4.98 Å². The van der Waals surface area contributed by atoms with Crippen molar-refractivity contribution < 1.29 is 0 Å². The van der Waals surface area contributed by atoms with E-state index in [9.17, 15) is 0 Å². The molecule has 2 aromatic rings. The second-order valence-electron chi connectivity index (χ2n) is 4.75. The fourth-order valence-corrected chi connectivity index (χ4v) is 2.58. The Balaban J connectivity index is 2.26. The van der Waals surface area contributed by atoms with Crippen LogP contribution in [0.15, 0.2) is 30.5 Å². The first-order valence-corrected chi connectivity index (χ1v) is 7.81. The van der Waals surface area contributed by atoms with Gasteiger partial charge in [0.05, 0.1) is 0 Å². The van der Waals surface area contributed by atoms with E-state index in [2.05, 4.69) is 59.0 Å². The standard InChI is InChI=1S/C16H19BrN2/c1-3-6-15-14(10-17)11-18-16(19-15)9-13-8-5-4-7-12(13)2/h4-5,7-8,11H,3,6,9-10H2,1-2H3. The van der Waals surface area contributed by atoms with Crippen molar-refractivity contribution in [2.75, 3.05) is 0 Å². The Hall–Kier alpha value is -1.22. The molecule has 0 saturated carbocycles. The van der Waals surface area contributed by atoms with Crippen LogP contribution in [0.1, 0.15) is 41.6 Å². The van der Waals surface area contributed by atoms with Crippen LogP contribution in [-0.2, 0) is 18.2 Å². The van der Waals surface area contributed by atoms with E-state index in [-0.39, 0.29) is 0 Å². The Labute approximate surface area is 123 Å². The molecule has 1 heterocycles. The molecule has 100 valence electrons. The fraction of sp³-hybridized carbons (Fsp3) is 0.375. The molecular weight excluding hydrogens is 300 g/mol. The summed E-state index contributed by atoms with van der Waals surface area (Å²) < 4.78 is 0. The zero-order valence-corrected chi connectivity index (χ0v) is 13.1. The number of rotatable bonds is 5. The summed E-state index contributed by atoms with van der Waals surface area (Å²) in [5.74, 6) is 0.919. The average Bonchev–Trinajstić information content (AvgIpc) is 2.42. The van der Waals surface area contributed by atoms with Crippen LogP contribution in [0.4, 0.5) is 0 Å². The molecule has 19 heavy (non-hydrogen) atoms. The largest absolute Gasteiger partial charge is 0.241 e. The number of aromatic nitrogens is 2. The van der Waals surface area contributed by atoms with Gasteiger partial charge in [0, 0.05) is 29.2 Å². The van der Waals surface area contributed by atoms with E-state index < -0.39 is 0 Å². The highest BCUT2D eigenvalue weighted by molar-refractivity contribution is 9.08. The minimum atomic E-state index is 0.811. The van der Waals surface area contributed by atoms with Gasteiger partial charge in [0.1, 0.15) is 5.82 Å². The van der Waals surface area contributed by atoms with Crippen molar-refractivity contribution in [3.8, 4) is 0 Å². The molecule has 0 spiro atoms. The molecule has 2 nitrogen and oxygen atoms in total. The van der Waals surface area contributed by atoms with Crippen molar-refractivity contribution in [3.05, 3.63) is 58.7 Å². The zero-order valence-electron chi connectivity index (χ0n) is 11.5. The average molecular weight is 319 g/mol. The molecule has 0 radical (unpaired) electrons. The van der Waals surface area contributed by atoms with Crippen molar-refractivity contribution in [3.63, 3.8) is 0 Å². The van der Waals surface area contributed by atoms with Crippen molar-refractivity contribution >= 4 is 15.9 Å². The van der Waals surface area contributed by atoms with Crippen molar-refractivity contribution in [2.45, 2.75) is 38.4 Å². The first-order valence-electron chi connectivity index (χ1n) is 6.68. The van der Waals surface area contributed by atoms with E-state index in [1.165, 1.54) is 22.4 Å². The molecule has 0 amide bonds. The third kappa shape index (κ3) is 3.63. The van der Waals surface area contributed by atoms with Crippen LogP contribution in [0, 0.1) is 6.92 Å². The maximum atomic E-state index is 4.73. The Morgan fingerprint density at radius 2 is 1.95 bits per heavy atom. The molecule has 0 aliphatic carbocycles. The summed E-state index contributed by atoms with van der Waals surface area (Å²) in [6.45, 7) is 4.32. The van der Waals surface area contributed by atoms with Gasteiger partial charge in [0.2, 0.25) is 0 Å². The van der Waals surface area contributed by atoms with Gasteiger partial charge in [-0.1, -0.05) is 53.5 Å². The number of halogens is 1. The molecule has 2 rings (SSSR count). The molecule has 0 N–H and O–H groups in total. The SMILES string of the molecule is CCCc1nc(Cc2ccccc2C)ncc1CBr. The summed E-state index contributed by atoms with van der Waals surface area (Å²) in [5, 5.41) is 0.826. The minimum absolute atomic E-state index is 0.811. The maximum absolute atomic E-state index is 4.73. The van der Waals surface area contributed by atoms with Gasteiger partial charge >= 0.3 is 0 Å². The first-order chi connectivity index (χ1) is 9.24. The summed E-state index contributed by atoms with van der Waals surface area (Å²) in [6, 6.07) is 8.42. The van der Waals surface area contributed by atoms with Gasteiger partial charge in [-0.15, -0.1) is 0 Å². The summed E-state index contributed by atoms with van der Waals surface area (Å²) in [7, 11) is 0. The molecule has 0 aliphatic rings. The molecule has 1 aromatic carbocycles. The first kappa shape index (κ1) is 14.2. The highest BCUT2D eigenvalue weighted by atomic mass is 79.9. The summed E-state index contributed by atoms with van der Waals surface area (Å²) in [5.41, 5.74) is 4.98. The van der Waals surface area contributed by atoms with Gasteiger partial charge in [-0.3, -0.25) is 0 Å². The number of alkyl halides is 1. The topological polar surface area (TPSA) is 25.8 Å². The van der Waals surface area contributed by atoms with Crippen molar-refractivity contribution in [1.29, 1.82) is 0 Å². The highest BCUT2D eigenvalue weighted by Gasteiger charge is 2.07. The Morgan fingerprint density at radius 3 is 2.63 bits per heavy atom. The normalized spacial score (nSPS) is 10.7. The molecule has 0 aliphatic heterocycles. The Kier molecular flexibility index (Phi) is 5.08. The van der Waals surface area contributed by atoms with Crippen LogP contribution in [0.3, 0.4) is 0 Å². The summed E-state index contributed by atoms with van der Waals surface area (Å²) in [6.07, 6.45) is 4.90. The Morgan fingerprint density at radius 1 is 1.16 bits per heavy atom. The van der Waals surface area contributed by atoms with E-state index in [0.717, 1.165) is 30.4 Å². The molecule has 0 bridgehead atoms. The second-order valence-corrected chi connectivity index (χ2v) is 5.31. The van der Waals surface area contributed by atoms with Crippen molar-refractivity contribution in [1.82, 2.24) is 9.97 Å². The quantitative estimate of drug-likeness (QED) is 0.771. The summed E-state index contributed by atoms with van der Waals surface area (Å²) >= 11 is 3.50. The smallest absolute Gasteiger partial charge is 0.132 e. The third-order valence-corrected chi connectivity index (χ3v) is 3.85. The van der Waals surface area contributed by atoms with Crippen LogP contribution in [0.2, 0.25) is 0 Å². The van der Waals surface area contributed by atoms with Gasteiger partial charge in [0.15, 0.2) is 0 Å². The van der Waals surface area contributed by atoms with Crippen LogP contribution >= 0.6 is 15.9 Å². The van der Waals surface area contributed by atoms with Crippen LogP contribution in [0.5, 0.6) is 0 Å². The number of nitrogens with zero attached hydrogens (tertiary/aromatic N) is 2. The molecular formula is C16H19BrN2. The molecule has 0 fully saturated rings. The maximum Gasteiger partial charge on any atom is 0.132 e. The third-order valence-electron chi connectivity index (χ3n) is 3.24. The number of benzene rings is 1. The van der Waals surface area contributed by atoms with Gasteiger partial charge in [-0.2, -0.15) is 0 Å². The summed E-state index contributed by atoms with van der Waals surface area (Å²) in [4.78, 5) is 9.22. The van der Waals surface area contributed by atoms with Gasteiger partial charge in [-0.25, -0.2) is 9.97 Å². The molecule has 0 unspecified atom stereocenters. The number of aryl methyl sites for hydroxylation is 2. The predicted molar refractivity (Wildman–Crippen MR) is 82.6 cm³/mol. The van der Waals surface area contributed by atoms with Crippen molar-refractivity contribution in [2.24, 2.45) is 0 Å². The van der Waals surface area contributed by atoms with Gasteiger partial charge < -0.3 is 0 Å². The van der Waals surface area contributed by atoms with Gasteiger partial charge in [0.25, 0.3) is 0 Å². The van der Waals surface area contributed by atoms with Crippen LogP contribution in [0.25, 0.3) is 0 Å². The van der Waals surface area contributed by atoms with E-state index in [1.54, 1.807) is 0 Å². The fourth-order valence-electron chi connectivity index (χ4n) is 2.11. The van der Waals surface area contributed by atoms with Gasteiger partial charge in [-0.05, 0) is 24.5 Å². The second kappa shape index (κ2) is 6.80. The molecule has 0 saturated heterocycles. The lowest BCUT2D eigenvalue weighted by Crippen LogP contribution is -2.04. The van der Waals surface area contributed by atoms with E-state index >= 15 is 0 Å². The molecule has 3 heteroatoms. The highest BCUT2D eigenvalue weighted by Crippen LogP contribution is 2.15. The van der Waals surface area contributed by atoms with Crippen LogP contribution < -0.4 is 0 Å². The number of hydrogen-bond acceptors (Lipinski definition) is 2. The minimum Gasteiger partial charge on any atom is -0.241 e. The monoisotopic (exact) mass is 318 g/mol. The Bertz CT molecular complexity index is 552. The number of hydrogen-bond donors (Lipinski definition) is 0. The zero-order chi connectivity index (χ0) is 13.7.